The number of benzene rings is 2. The quantitative estimate of drug-likeness (QED) is 0.351. The van der Waals surface area contributed by atoms with Gasteiger partial charge in [-0.2, -0.15) is 0 Å². The molecule has 0 aliphatic heterocycles. The lowest BCUT2D eigenvalue weighted by Crippen LogP contribution is -2.01. The Bertz CT molecular complexity index is 734. The molecule has 126 valence electrons. The monoisotopic (exact) mass is 330 g/mol. The number of ether oxygens (including phenoxy) is 3. The minimum Gasteiger partial charge on any atom is -0.507 e. The van der Waals surface area contributed by atoms with Gasteiger partial charge in [-0.15, -0.1) is 0 Å². The second-order valence-electron chi connectivity index (χ2n) is 4.85. The van der Waals surface area contributed by atoms with E-state index >= 15 is 0 Å². The highest BCUT2D eigenvalue weighted by molar-refractivity contribution is 6.09. The molecule has 2 aromatic rings. The molecule has 0 bridgehead atoms. The van der Waals surface area contributed by atoms with E-state index in [9.17, 15) is 15.0 Å². The van der Waals surface area contributed by atoms with Crippen molar-refractivity contribution in [2.75, 3.05) is 21.0 Å². The summed E-state index contributed by atoms with van der Waals surface area (Å²) < 4.78 is 15.0. The smallest absolute Gasteiger partial charge is 0.193 e. The first-order chi connectivity index (χ1) is 11.5. The zero-order chi connectivity index (χ0) is 17.5. The van der Waals surface area contributed by atoms with Crippen molar-refractivity contribution in [3.63, 3.8) is 0 Å². The van der Waals surface area contributed by atoms with Gasteiger partial charge in [0.15, 0.2) is 12.6 Å². The van der Waals surface area contributed by atoms with Crippen LogP contribution in [0.25, 0.3) is 5.76 Å². The van der Waals surface area contributed by atoms with E-state index < -0.39 is 5.78 Å². The number of carbonyl (C=O) groups excluding carboxylic acids is 1. The number of aliphatic hydroxyl groups is 1. The highest BCUT2D eigenvalue weighted by atomic mass is 16.7. The zero-order valence-electron chi connectivity index (χ0n) is 13.4. The molecule has 2 N–H and O–H groups in total. The fraction of sp³-hybridized carbons (Fsp3) is 0.167. The molecule has 0 spiro atoms. The van der Waals surface area contributed by atoms with Crippen LogP contribution >= 0.6 is 0 Å². The summed E-state index contributed by atoms with van der Waals surface area (Å²) in [5.41, 5.74) is 0.517. The first kappa shape index (κ1) is 17.4. The van der Waals surface area contributed by atoms with Crippen LogP contribution in [0.4, 0.5) is 0 Å². The van der Waals surface area contributed by atoms with Gasteiger partial charge >= 0.3 is 0 Å². The molecular formula is C18H18O6. The summed E-state index contributed by atoms with van der Waals surface area (Å²) in [5, 5.41) is 20.0. The summed E-state index contributed by atoms with van der Waals surface area (Å²) in [6.07, 6.45) is 1.05. The van der Waals surface area contributed by atoms with E-state index in [0.29, 0.717) is 17.1 Å². The fourth-order valence-corrected chi connectivity index (χ4v) is 1.98. The molecule has 2 rings (SSSR count). The predicted octanol–water partition coefficient (Wildman–Crippen LogP) is 3.17. The van der Waals surface area contributed by atoms with Crippen molar-refractivity contribution >= 4 is 11.5 Å². The van der Waals surface area contributed by atoms with E-state index in [0.717, 1.165) is 6.08 Å². The maximum absolute atomic E-state index is 12.2. The molecule has 0 atom stereocenters. The minimum atomic E-state index is -0.529. The molecule has 0 unspecified atom stereocenters. The van der Waals surface area contributed by atoms with E-state index in [4.69, 9.17) is 14.2 Å². The molecule has 0 saturated heterocycles. The van der Waals surface area contributed by atoms with Crippen molar-refractivity contribution in [1.82, 2.24) is 0 Å². The van der Waals surface area contributed by atoms with Crippen LogP contribution < -0.4 is 9.47 Å². The molecule has 0 radical (unpaired) electrons. The first-order valence-corrected chi connectivity index (χ1v) is 7.09. The van der Waals surface area contributed by atoms with Gasteiger partial charge in [-0.25, -0.2) is 0 Å². The Hall–Kier alpha value is -2.99. The van der Waals surface area contributed by atoms with Crippen LogP contribution in [0, 0.1) is 0 Å². The molecule has 0 saturated carbocycles. The Labute approximate surface area is 139 Å². The third kappa shape index (κ3) is 4.27. The number of ketones is 1. The Kier molecular flexibility index (Phi) is 5.81. The number of aromatic hydroxyl groups is 1. The zero-order valence-corrected chi connectivity index (χ0v) is 13.4. The number of rotatable bonds is 7. The maximum atomic E-state index is 12.2. The molecule has 0 amide bonds. The molecular weight excluding hydrogens is 312 g/mol. The number of hydrogen-bond acceptors (Lipinski definition) is 6. The van der Waals surface area contributed by atoms with Gasteiger partial charge < -0.3 is 24.4 Å². The predicted molar refractivity (Wildman–Crippen MR) is 88.5 cm³/mol. The van der Waals surface area contributed by atoms with Crippen LogP contribution in [0.3, 0.4) is 0 Å². The highest BCUT2D eigenvalue weighted by Gasteiger charge is 2.12. The van der Waals surface area contributed by atoms with Crippen molar-refractivity contribution in [3.05, 3.63) is 59.7 Å². The second-order valence-corrected chi connectivity index (χ2v) is 4.85. The summed E-state index contributed by atoms with van der Waals surface area (Å²) in [6, 6.07) is 10.8. The SMILES string of the molecule is COCOc1ccc(C(=O)/C=C(\O)c2ccc(OC)cc2)c(O)c1. The Morgan fingerprint density at radius 2 is 1.75 bits per heavy atom. The van der Waals surface area contributed by atoms with Crippen LogP contribution in [0.2, 0.25) is 0 Å². The maximum Gasteiger partial charge on any atom is 0.193 e. The largest absolute Gasteiger partial charge is 0.507 e. The molecule has 6 nitrogen and oxygen atoms in total. The molecule has 24 heavy (non-hydrogen) atoms. The Morgan fingerprint density at radius 1 is 1.08 bits per heavy atom. The van der Waals surface area contributed by atoms with Crippen LogP contribution in [-0.4, -0.2) is 37.0 Å². The van der Waals surface area contributed by atoms with Gasteiger partial charge in [0.25, 0.3) is 0 Å². The van der Waals surface area contributed by atoms with E-state index in [2.05, 4.69) is 0 Å². The summed E-state index contributed by atoms with van der Waals surface area (Å²) in [4.78, 5) is 12.2. The summed E-state index contributed by atoms with van der Waals surface area (Å²) in [6.45, 7) is 0.0326. The van der Waals surface area contributed by atoms with Gasteiger partial charge in [-0.3, -0.25) is 4.79 Å². The lowest BCUT2D eigenvalue weighted by atomic mass is 10.1. The summed E-state index contributed by atoms with van der Waals surface area (Å²) in [7, 11) is 3.02. The lowest BCUT2D eigenvalue weighted by molar-refractivity contribution is 0.0510. The number of methoxy groups -OCH3 is 2. The van der Waals surface area contributed by atoms with E-state index in [1.807, 2.05) is 0 Å². The van der Waals surface area contributed by atoms with Crippen molar-refractivity contribution in [2.45, 2.75) is 0 Å². The summed E-state index contributed by atoms with van der Waals surface area (Å²) >= 11 is 0. The molecule has 0 heterocycles. The second kappa shape index (κ2) is 8.03. The number of hydrogen-bond donors (Lipinski definition) is 2. The molecule has 6 heteroatoms. The average molecular weight is 330 g/mol. The number of carbonyl (C=O) groups is 1. The third-order valence-corrected chi connectivity index (χ3v) is 3.23. The number of allylic oxidation sites excluding steroid dienone is 1. The van der Waals surface area contributed by atoms with Crippen molar-refractivity contribution in [3.8, 4) is 17.2 Å². The molecule has 2 aromatic carbocycles. The van der Waals surface area contributed by atoms with Crippen LogP contribution in [-0.2, 0) is 4.74 Å². The fourth-order valence-electron chi connectivity index (χ4n) is 1.98. The van der Waals surface area contributed by atoms with Gasteiger partial charge in [0.05, 0.1) is 12.7 Å². The first-order valence-electron chi connectivity index (χ1n) is 7.09. The van der Waals surface area contributed by atoms with Gasteiger partial charge in [0.2, 0.25) is 0 Å². The standard InChI is InChI=1S/C18H18O6/c1-22-11-24-14-7-8-15(17(20)9-14)18(21)10-16(19)12-3-5-13(23-2)6-4-12/h3-10,19-20H,11H2,1-2H3/b16-10-. The van der Waals surface area contributed by atoms with E-state index in [1.165, 1.54) is 32.4 Å². The van der Waals surface area contributed by atoms with E-state index in [-0.39, 0.29) is 23.9 Å². The lowest BCUT2D eigenvalue weighted by Gasteiger charge is -2.07. The van der Waals surface area contributed by atoms with Crippen LogP contribution in [0.1, 0.15) is 15.9 Å². The Morgan fingerprint density at radius 3 is 2.33 bits per heavy atom. The molecule has 0 fully saturated rings. The Balaban J connectivity index is 2.18. The molecule has 0 aliphatic rings. The van der Waals surface area contributed by atoms with Gasteiger partial charge in [0, 0.05) is 24.8 Å². The van der Waals surface area contributed by atoms with Gasteiger partial charge in [0.1, 0.15) is 23.0 Å². The number of phenols is 1. The topological polar surface area (TPSA) is 85.2 Å². The molecule has 0 aromatic heterocycles. The van der Waals surface area contributed by atoms with E-state index in [1.54, 1.807) is 24.3 Å². The highest BCUT2D eigenvalue weighted by Crippen LogP contribution is 2.25. The average Bonchev–Trinajstić information content (AvgIpc) is 2.59. The molecule has 0 aliphatic carbocycles. The van der Waals surface area contributed by atoms with Crippen LogP contribution in [0.15, 0.2) is 48.5 Å². The van der Waals surface area contributed by atoms with Crippen molar-refractivity contribution in [1.29, 1.82) is 0 Å². The number of phenolic OH excluding ortho intramolecular Hbond substituents is 1. The minimum absolute atomic E-state index is 0.0326. The van der Waals surface area contributed by atoms with Gasteiger partial charge in [-0.1, -0.05) is 0 Å². The summed E-state index contributed by atoms with van der Waals surface area (Å²) in [5.74, 6) is 0.0321. The van der Waals surface area contributed by atoms with Crippen molar-refractivity contribution < 1.29 is 29.2 Å². The van der Waals surface area contributed by atoms with Crippen molar-refractivity contribution in [2.24, 2.45) is 0 Å². The number of aliphatic hydroxyl groups excluding tert-OH is 1. The normalized spacial score (nSPS) is 11.2. The third-order valence-electron chi connectivity index (χ3n) is 3.23. The van der Waals surface area contributed by atoms with Gasteiger partial charge in [-0.05, 0) is 36.4 Å². The van der Waals surface area contributed by atoms with Crippen LogP contribution in [0.5, 0.6) is 17.2 Å².